The minimum atomic E-state index is 0.436. The number of anilines is 1. The number of hydrogen-bond acceptors (Lipinski definition) is 4. The average Bonchev–Trinajstić information content (AvgIpc) is 2.68. The average molecular weight is 413 g/mol. The molecule has 0 aliphatic carbocycles. The highest BCUT2D eigenvalue weighted by molar-refractivity contribution is 9.10. The fourth-order valence-corrected chi connectivity index (χ4v) is 2.94. The van der Waals surface area contributed by atoms with Crippen molar-refractivity contribution in [1.82, 2.24) is 5.43 Å². The molecule has 2 N–H and O–H groups in total. The summed E-state index contributed by atoms with van der Waals surface area (Å²) >= 11 is 3.50. The Morgan fingerprint density at radius 2 is 1.65 bits per heavy atom. The van der Waals surface area contributed by atoms with Crippen LogP contribution in [0.25, 0.3) is 0 Å². The first-order chi connectivity index (χ1) is 12.8. The first-order valence-corrected chi connectivity index (χ1v) is 9.12. The van der Waals surface area contributed by atoms with Gasteiger partial charge in [-0.25, -0.2) is 5.43 Å². The molecule has 0 aliphatic rings. The van der Waals surface area contributed by atoms with Crippen molar-refractivity contribution in [2.75, 3.05) is 12.5 Å². The minimum absolute atomic E-state index is 0.436. The first-order valence-electron chi connectivity index (χ1n) is 8.33. The number of hydrazine groups is 1. The number of para-hydroxylation sites is 2. The van der Waals surface area contributed by atoms with E-state index in [4.69, 9.17) is 9.47 Å². The summed E-state index contributed by atoms with van der Waals surface area (Å²) in [6.07, 6.45) is 0. The van der Waals surface area contributed by atoms with Crippen LogP contribution in [0.2, 0.25) is 0 Å². The van der Waals surface area contributed by atoms with Gasteiger partial charge in [-0.3, -0.25) is 0 Å². The highest BCUT2D eigenvalue weighted by Gasteiger charge is 2.07. The van der Waals surface area contributed by atoms with E-state index in [-0.39, 0.29) is 0 Å². The van der Waals surface area contributed by atoms with E-state index in [1.165, 1.54) is 0 Å². The minimum Gasteiger partial charge on any atom is -0.496 e. The van der Waals surface area contributed by atoms with E-state index in [9.17, 15) is 0 Å². The van der Waals surface area contributed by atoms with Gasteiger partial charge in [0.05, 0.1) is 11.6 Å². The van der Waals surface area contributed by atoms with Crippen LogP contribution < -0.4 is 20.3 Å². The molecule has 5 heteroatoms. The second kappa shape index (κ2) is 9.27. The van der Waals surface area contributed by atoms with Crippen molar-refractivity contribution >= 4 is 21.6 Å². The lowest BCUT2D eigenvalue weighted by Crippen LogP contribution is -2.20. The Morgan fingerprint density at radius 3 is 2.42 bits per heavy atom. The van der Waals surface area contributed by atoms with Crippen LogP contribution in [0.15, 0.2) is 77.3 Å². The lowest BCUT2D eigenvalue weighted by Gasteiger charge is -2.14. The largest absolute Gasteiger partial charge is 0.496 e. The Balaban J connectivity index is 1.63. The van der Waals surface area contributed by atoms with E-state index in [1.807, 2.05) is 66.7 Å². The van der Waals surface area contributed by atoms with E-state index in [0.717, 1.165) is 32.8 Å². The third-order valence-electron chi connectivity index (χ3n) is 3.86. The summed E-state index contributed by atoms with van der Waals surface area (Å²) in [5.74, 6) is 1.63. The van der Waals surface area contributed by atoms with Crippen molar-refractivity contribution in [1.29, 1.82) is 0 Å². The van der Waals surface area contributed by atoms with E-state index >= 15 is 0 Å². The number of rotatable bonds is 8. The normalized spacial score (nSPS) is 10.4. The van der Waals surface area contributed by atoms with Gasteiger partial charge in [0.25, 0.3) is 0 Å². The number of benzene rings is 3. The molecule has 0 saturated heterocycles. The van der Waals surface area contributed by atoms with E-state index in [0.29, 0.717) is 13.2 Å². The molecule has 0 atom stereocenters. The molecule has 0 bridgehead atoms. The molecule has 3 rings (SSSR count). The molecule has 0 aliphatic heterocycles. The molecule has 0 fully saturated rings. The van der Waals surface area contributed by atoms with Crippen molar-refractivity contribution in [2.24, 2.45) is 0 Å². The molecule has 26 heavy (non-hydrogen) atoms. The van der Waals surface area contributed by atoms with Crippen LogP contribution in [0.1, 0.15) is 11.1 Å². The van der Waals surface area contributed by atoms with Crippen molar-refractivity contribution < 1.29 is 9.47 Å². The first kappa shape index (κ1) is 18.3. The second-order valence-corrected chi connectivity index (χ2v) is 6.56. The van der Waals surface area contributed by atoms with Gasteiger partial charge in [0.1, 0.15) is 18.1 Å². The van der Waals surface area contributed by atoms with Crippen LogP contribution >= 0.6 is 15.9 Å². The maximum atomic E-state index is 5.93. The van der Waals surface area contributed by atoms with Gasteiger partial charge in [-0.2, -0.15) is 0 Å². The summed E-state index contributed by atoms with van der Waals surface area (Å²) in [5, 5.41) is 0. The summed E-state index contributed by atoms with van der Waals surface area (Å²) in [5.41, 5.74) is 9.58. The van der Waals surface area contributed by atoms with Crippen molar-refractivity contribution in [2.45, 2.75) is 13.2 Å². The van der Waals surface area contributed by atoms with Crippen molar-refractivity contribution in [3.05, 3.63) is 88.4 Å². The molecule has 3 aromatic carbocycles. The lowest BCUT2D eigenvalue weighted by atomic mass is 10.1. The molecule has 0 spiro atoms. The van der Waals surface area contributed by atoms with Gasteiger partial charge in [0, 0.05) is 17.8 Å². The van der Waals surface area contributed by atoms with Gasteiger partial charge in [-0.1, -0.05) is 36.4 Å². The SMILES string of the molecule is COc1ccc(CNNc2ccccc2)cc1COc1ccccc1Br. The highest BCUT2D eigenvalue weighted by atomic mass is 79.9. The Morgan fingerprint density at radius 1 is 0.885 bits per heavy atom. The van der Waals surface area contributed by atoms with Gasteiger partial charge in [-0.05, 0) is 57.9 Å². The Bertz CT molecular complexity index is 840. The third-order valence-corrected chi connectivity index (χ3v) is 4.52. The van der Waals surface area contributed by atoms with E-state index in [1.54, 1.807) is 7.11 Å². The fourth-order valence-electron chi connectivity index (χ4n) is 2.54. The topological polar surface area (TPSA) is 42.5 Å². The zero-order valence-electron chi connectivity index (χ0n) is 14.5. The predicted molar refractivity (Wildman–Crippen MR) is 108 cm³/mol. The van der Waals surface area contributed by atoms with E-state index < -0.39 is 0 Å². The summed E-state index contributed by atoms with van der Waals surface area (Å²) in [4.78, 5) is 0. The molecule has 0 unspecified atom stereocenters. The molecule has 0 radical (unpaired) electrons. The van der Waals surface area contributed by atoms with E-state index in [2.05, 4.69) is 32.8 Å². The van der Waals surface area contributed by atoms with Crippen LogP contribution in [-0.4, -0.2) is 7.11 Å². The predicted octanol–water partition coefficient (Wildman–Crippen LogP) is 5.15. The van der Waals surface area contributed by atoms with Gasteiger partial charge in [0.15, 0.2) is 0 Å². The van der Waals surface area contributed by atoms with Gasteiger partial charge in [0.2, 0.25) is 0 Å². The van der Waals surface area contributed by atoms with Crippen LogP contribution in [0.3, 0.4) is 0 Å². The van der Waals surface area contributed by atoms with Crippen LogP contribution in [0.4, 0.5) is 5.69 Å². The van der Waals surface area contributed by atoms with Gasteiger partial charge < -0.3 is 14.9 Å². The molecule has 0 aromatic heterocycles. The van der Waals surface area contributed by atoms with Crippen LogP contribution in [0.5, 0.6) is 11.5 Å². The molecule has 0 saturated carbocycles. The highest BCUT2D eigenvalue weighted by Crippen LogP contribution is 2.27. The van der Waals surface area contributed by atoms with Crippen molar-refractivity contribution in [3.63, 3.8) is 0 Å². The van der Waals surface area contributed by atoms with Crippen LogP contribution in [0, 0.1) is 0 Å². The fraction of sp³-hybridized carbons (Fsp3) is 0.143. The summed E-state index contributed by atoms with van der Waals surface area (Å²) in [7, 11) is 1.67. The lowest BCUT2D eigenvalue weighted by molar-refractivity contribution is 0.295. The quantitative estimate of drug-likeness (QED) is 0.501. The molecule has 0 heterocycles. The number of halogens is 1. The Kier molecular flexibility index (Phi) is 6.52. The summed E-state index contributed by atoms with van der Waals surface area (Å²) < 4.78 is 12.3. The summed E-state index contributed by atoms with van der Waals surface area (Å²) in [6, 6.07) is 23.9. The summed E-state index contributed by atoms with van der Waals surface area (Å²) in [6.45, 7) is 1.12. The number of ether oxygens (including phenoxy) is 2. The maximum absolute atomic E-state index is 5.93. The maximum Gasteiger partial charge on any atom is 0.133 e. The number of nitrogens with one attached hydrogen (secondary N) is 2. The molecule has 3 aromatic rings. The number of hydrogen-bond donors (Lipinski definition) is 2. The third kappa shape index (κ3) is 5.00. The standard InChI is InChI=1S/C21H21BrN2O2/c1-25-20-12-11-16(14-23-24-18-7-3-2-4-8-18)13-17(20)15-26-21-10-6-5-9-19(21)22/h2-13,23-24H,14-15H2,1H3. The second-order valence-electron chi connectivity index (χ2n) is 5.71. The van der Waals surface area contributed by atoms with Gasteiger partial charge in [-0.15, -0.1) is 0 Å². The van der Waals surface area contributed by atoms with Gasteiger partial charge >= 0.3 is 0 Å². The smallest absolute Gasteiger partial charge is 0.133 e. The monoisotopic (exact) mass is 412 g/mol. The molecule has 4 nitrogen and oxygen atoms in total. The van der Waals surface area contributed by atoms with Crippen molar-refractivity contribution in [3.8, 4) is 11.5 Å². The Labute approximate surface area is 162 Å². The zero-order chi connectivity index (χ0) is 18.2. The molecule has 0 amide bonds. The number of methoxy groups -OCH3 is 1. The zero-order valence-corrected chi connectivity index (χ0v) is 16.1. The van der Waals surface area contributed by atoms with Crippen LogP contribution in [-0.2, 0) is 13.2 Å². The molecular formula is C21H21BrN2O2. The Hall–Kier alpha value is -2.50. The molecule has 134 valence electrons. The molecular weight excluding hydrogens is 392 g/mol.